The van der Waals surface area contributed by atoms with Gasteiger partial charge in [-0.2, -0.15) is 5.10 Å². The molecule has 0 N–H and O–H groups in total. The lowest BCUT2D eigenvalue weighted by atomic mass is 10.0. The number of amides is 1. The van der Waals surface area contributed by atoms with E-state index >= 15 is 0 Å². The number of para-hydroxylation sites is 1. The molecule has 0 aliphatic heterocycles. The van der Waals surface area contributed by atoms with Crippen LogP contribution in [0.5, 0.6) is 0 Å². The van der Waals surface area contributed by atoms with Gasteiger partial charge >= 0.3 is 0 Å². The van der Waals surface area contributed by atoms with Gasteiger partial charge in [0.2, 0.25) is 5.91 Å². The van der Waals surface area contributed by atoms with Crippen LogP contribution in [-0.2, 0) is 17.8 Å². The monoisotopic (exact) mass is 412 g/mol. The predicted octanol–water partition coefficient (Wildman–Crippen LogP) is 4.92. The van der Waals surface area contributed by atoms with Gasteiger partial charge in [0.15, 0.2) is 5.13 Å². The first-order valence-electron chi connectivity index (χ1n) is 9.87. The molecule has 0 atom stereocenters. The second-order valence-corrected chi connectivity index (χ2v) is 8.15. The molecule has 5 rings (SSSR count). The lowest BCUT2D eigenvalue weighted by molar-refractivity contribution is -0.118. The van der Waals surface area contributed by atoms with Crippen LogP contribution in [0.25, 0.3) is 21.0 Å². The van der Waals surface area contributed by atoms with E-state index in [2.05, 4.69) is 29.4 Å². The summed E-state index contributed by atoms with van der Waals surface area (Å²) in [4.78, 5) is 19.9. The average molecular weight is 413 g/mol. The lowest BCUT2D eigenvalue weighted by Crippen LogP contribution is -2.35. The maximum absolute atomic E-state index is 13.3. The molecule has 2 aromatic heterocycles. The van der Waals surface area contributed by atoms with Gasteiger partial charge in [-0.3, -0.25) is 14.4 Å². The number of carbonyl (C=O) groups excluding carboxylic acids is 1. The molecule has 0 saturated heterocycles. The number of anilines is 1. The zero-order valence-electron chi connectivity index (χ0n) is 16.3. The zero-order valence-corrected chi connectivity index (χ0v) is 17.1. The first-order chi connectivity index (χ1) is 14.8. The predicted molar refractivity (Wildman–Crippen MR) is 122 cm³/mol. The highest BCUT2D eigenvalue weighted by atomic mass is 32.1. The summed E-state index contributed by atoms with van der Waals surface area (Å²) in [5, 5.41) is 7.32. The second-order valence-electron chi connectivity index (χ2n) is 7.14. The van der Waals surface area contributed by atoms with E-state index in [1.54, 1.807) is 22.4 Å². The highest BCUT2D eigenvalue weighted by molar-refractivity contribution is 7.22. The van der Waals surface area contributed by atoms with Gasteiger partial charge in [-0.15, -0.1) is 0 Å². The molecular weight excluding hydrogens is 392 g/mol. The molecule has 0 spiro atoms. The van der Waals surface area contributed by atoms with Crippen LogP contribution in [0.3, 0.4) is 0 Å². The van der Waals surface area contributed by atoms with Gasteiger partial charge in [0, 0.05) is 18.9 Å². The standard InChI is InChI=1S/C24H20N4OS/c29-23(17-18-10-11-19-6-1-2-7-20(19)16-18)28(15-14-27-13-5-12-25-27)24-26-21-8-3-4-9-22(21)30-24/h1-13,16H,14-15,17H2. The van der Waals surface area contributed by atoms with Crippen molar-refractivity contribution in [1.29, 1.82) is 0 Å². The zero-order chi connectivity index (χ0) is 20.3. The number of thiazole rings is 1. The summed E-state index contributed by atoms with van der Waals surface area (Å²) >= 11 is 1.55. The Morgan fingerprint density at radius 3 is 2.63 bits per heavy atom. The molecule has 0 aliphatic carbocycles. The van der Waals surface area contributed by atoms with E-state index in [0.29, 0.717) is 19.5 Å². The Morgan fingerprint density at radius 1 is 0.967 bits per heavy atom. The molecule has 148 valence electrons. The van der Waals surface area contributed by atoms with Gasteiger partial charge in [0.05, 0.1) is 23.2 Å². The minimum absolute atomic E-state index is 0.0384. The summed E-state index contributed by atoms with van der Waals surface area (Å²) in [5.74, 6) is 0.0384. The third kappa shape index (κ3) is 3.82. The largest absolute Gasteiger partial charge is 0.286 e. The Balaban J connectivity index is 1.43. The number of rotatable bonds is 6. The summed E-state index contributed by atoms with van der Waals surface area (Å²) < 4.78 is 2.92. The Kier molecular flexibility index (Phi) is 4.99. The smallest absolute Gasteiger partial charge is 0.233 e. The highest BCUT2D eigenvalue weighted by Crippen LogP contribution is 2.29. The van der Waals surface area contributed by atoms with Crippen molar-refractivity contribution in [2.45, 2.75) is 13.0 Å². The average Bonchev–Trinajstić information content (AvgIpc) is 3.43. The number of benzene rings is 3. The van der Waals surface area contributed by atoms with Crippen molar-refractivity contribution in [3.8, 4) is 0 Å². The summed E-state index contributed by atoms with van der Waals surface area (Å²) in [5.41, 5.74) is 1.92. The summed E-state index contributed by atoms with van der Waals surface area (Å²) in [6.07, 6.45) is 3.99. The summed E-state index contributed by atoms with van der Waals surface area (Å²) in [7, 11) is 0. The van der Waals surface area contributed by atoms with Crippen LogP contribution >= 0.6 is 11.3 Å². The maximum Gasteiger partial charge on any atom is 0.233 e. The number of hydrogen-bond donors (Lipinski definition) is 0. The molecule has 6 heteroatoms. The molecule has 0 aliphatic rings. The molecule has 3 aromatic carbocycles. The molecule has 0 unspecified atom stereocenters. The van der Waals surface area contributed by atoms with E-state index in [-0.39, 0.29) is 5.91 Å². The molecule has 0 saturated carbocycles. The van der Waals surface area contributed by atoms with E-state index in [9.17, 15) is 4.79 Å². The van der Waals surface area contributed by atoms with Crippen molar-refractivity contribution >= 4 is 43.4 Å². The minimum atomic E-state index is 0.0384. The van der Waals surface area contributed by atoms with Crippen molar-refractivity contribution in [3.05, 3.63) is 90.8 Å². The molecule has 0 bridgehead atoms. The second kappa shape index (κ2) is 8.08. The third-order valence-electron chi connectivity index (χ3n) is 5.10. The number of carbonyl (C=O) groups is 1. The van der Waals surface area contributed by atoms with Gasteiger partial charge in [0.1, 0.15) is 0 Å². The van der Waals surface area contributed by atoms with Crippen LogP contribution in [-0.4, -0.2) is 27.2 Å². The van der Waals surface area contributed by atoms with Crippen LogP contribution < -0.4 is 4.90 Å². The van der Waals surface area contributed by atoms with Gasteiger partial charge in [0.25, 0.3) is 0 Å². The number of aromatic nitrogens is 3. The van der Waals surface area contributed by atoms with Crippen LogP contribution in [0.1, 0.15) is 5.56 Å². The molecule has 30 heavy (non-hydrogen) atoms. The fourth-order valence-electron chi connectivity index (χ4n) is 3.56. The van der Waals surface area contributed by atoms with E-state index in [1.165, 1.54) is 5.39 Å². The number of fused-ring (bicyclic) bond motifs is 2. The fraction of sp³-hybridized carbons (Fsp3) is 0.125. The molecule has 0 fully saturated rings. The minimum Gasteiger partial charge on any atom is -0.286 e. The topological polar surface area (TPSA) is 51.0 Å². The van der Waals surface area contributed by atoms with Crippen LogP contribution in [0.4, 0.5) is 5.13 Å². The van der Waals surface area contributed by atoms with Crippen molar-refractivity contribution in [2.24, 2.45) is 0 Å². The van der Waals surface area contributed by atoms with E-state index < -0.39 is 0 Å². The van der Waals surface area contributed by atoms with Crippen molar-refractivity contribution < 1.29 is 4.79 Å². The molecule has 2 heterocycles. The van der Waals surface area contributed by atoms with E-state index in [1.807, 2.05) is 59.4 Å². The molecule has 0 radical (unpaired) electrons. The van der Waals surface area contributed by atoms with E-state index in [4.69, 9.17) is 4.98 Å². The van der Waals surface area contributed by atoms with Gasteiger partial charge in [-0.05, 0) is 34.5 Å². The summed E-state index contributed by atoms with van der Waals surface area (Å²) in [6.45, 7) is 1.14. The van der Waals surface area contributed by atoms with Crippen LogP contribution in [0.15, 0.2) is 85.2 Å². The van der Waals surface area contributed by atoms with Crippen molar-refractivity contribution in [3.63, 3.8) is 0 Å². The van der Waals surface area contributed by atoms with Crippen molar-refractivity contribution in [1.82, 2.24) is 14.8 Å². The Morgan fingerprint density at radius 2 is 1.80 bits per heavy atom. The lowest BCUT2D eigenvalue weighted by Gasteiger charge is -2.20. The van der Waals surface area contributed by atoms with Crippen molar-refractivity contribution in [2.75, 3.05) is 11.4 Å². The van der Waals surface area contributed by atoms with Crippen LogP contribution in [0, 0.1) is 0 Å². The van der Waals surface area contributed by atoms with Gasteiger partial charge in [-0.1, -0.05) is 65.9 Å². The maximum atomic E-state index is 13.3. The molecule has 5 aromatic rings. The first-order valence-corrected chi connectivity index (χ1v) is 10.7. The highest BCUT2D eigenvalue weighted by Gasteiger charge is 2.20. The SMILES string of the molecule is O=C(Cc1ccc2ccccc2c1)N(CCn1cccn1)c1nc2ccccc2s1. The van der Waals surface area contributed by atoms with Gasteiger partial charge in [-0.25, -0.2) is 4.98 Å². The third-order valence-corrected chi connectivity index (χ3v) is 6.16. The number of nitrogens with zero attached hydrogens (tertiary/aromatic N) is 4. The Labute approximate surface area is 178 Å². The summed E-state index contributed by atoms with van der Waals surface area (Å²) in [6, 6.07) is 24.3. The van der Waals surface area contributed by atoms with E-state index in [0.717, 1.165) is 26.3 Å². The fourth-order valence-corrected chi connectivity index (χ4v) is 4.57. The first kappa shape index (κ1) is 18.5. The molecule has 1 amide bonds. The van der Waals surface area contributed by atoms with Crippen LogP contribution in [0.2, 0.25) is 0 Å². The molecular formula is C24H20N4OS. The Hall–Kier alpha value is -3.51. The normalized spacial score (nSPS) is 11.2. The quantitative estimate of drug-likeness (QED) is 0.398. The Bertz CT molecular complexity index is 1280. The number of hydrogen-bond acceptors (Lipinski definition) is 4. The van der Waals surface area contributed by atoms with Gasteiger partial charge < -0.3 is 0 Å². The molecule has 5 nitrogen and oxygen atoms in total.